The molecule has 1 heterocycles. The molecule has 0 aromatic carbocycles. The lowest BCUT2D eigenvalue weighted by Gasteiger charge is -2.12. The maximum Gasteiger partial charge on any atom is 0.243 e. The molecule has 1 aromatic heterocycles. The number of carbonyl (C=O) groups excluding carboxylic acids is 1. The Labute approximate surface area is 157 Å². The average Bonchev–Trinajstić information content (AvgIpc) is 2.86. The summed E-state index contributed by atoms with van der Waals surface area (Å²) in [4.78, 5) is 22.9. The van der Waals surface area contributed by atoms with Crippen LogP contribution in [0.5, 0.6) is 0 Å². The van der Waals surface area contributed by atoms with Crippen LogP contribution in [0.4, 0.5) is 0 Å². The number of aliphatic imine (C=N–C) groups is 1. The Morgan fingerprint density at radius 3 is 2.73 bits per heavy atom. The van der Waals surface area contributed by atoms with Gasteiger partial charge in [0, 0.05) is 37.5 Å². The number of likely N-dealkylation sites (N-methyl/N-ethyl adjacent to an activating group) is 1. The quantitative estimate of drug-likeness (QED) is 0.282. The van der Waals surface area contributed by atoms with Gasteiger partial charge in [-0.05, 0) is 13.2 Å². The molecule has 6 nitrogen and oxygen atoms in total. The molecule has 22 heavy (non-hydrogen) atoms. The topological polar surface area (TPSA) is 69.6 Å². The number of thiazole rings is 1. The Balaban J connectivity index is 0.00000441. The molecular weight excluding hydrogens is 433 g/mol. The lowest BCUT2D eigenvalue weighted by molar-refractivity contribution is -0.127. The van der Waals surface area contributed by atoms with E-state index in [9.17, 15) is 4.79 Å². The van der Waals surface area contributed by atoms with E-state index in [1.165, 1.54) is 9.78 Å². The molecule has 0 aliphatic carbocycles. The lowest BCUT2D eigenvalue weighted by Crippen LogP contribution is -2.39. The zero-order valence-corrected chi connectivity index (χ0v) is 17.3. The van der Waals surface area contributed by atoms with Crippen molar-refractivity contribution >= 4 is 58.9 Å². The van der Waals surface area contributed by atoms with Crippen molar-refractivity contribution in [3.05, 3.63) is 16.1 Å². The van der Waals surface area contributed by atoms with Crippen molar-refractivity contribution in [1.29, 1.82) is 0 Å². The van der Waals surface area contributed by atoms with Gasteiger partial charge in [-0.1, -0.05) is 0 Å². The van der Waals surface area contributed by atoms with E-state index < -0.39 is 0 Å². The molecule has 1 amide bonds. The molecule has 1 aromatic rings. The average molecular weight is 457 g/mol. The van der Waals surface area contributed by atoms with E-state index >= 15 is 0 Å². The molecule has 0 unspecified atom stereocenters. The number of nitrogens with zero attached hydrogens (tertiary/aromatic N) is 3. The minimum absolute atomic E-state index is 0. The normalized spacial score (nSPS) is 10.8. The number of aryl methyl sites for hydroxylation is 1. The van der Waals surface area contributed by atoms with E-state index in [0.29, 0.717) is 12.5 Å². The first-order chi connectivity index (χ1) is 10.0. The van der Waals surface area contributed by atoms with E-state index in [1.807, 2.05) is 13.1 Å². The third-order valence-corrected chi connectivity index (χ3v) is 4.07. The molecule has 126 valence electrons. The molecule has 0 saturated heterocycles. The summed E-state index contributed by atoms with van der Waals surface area (Å²) in [5.74, 6) is 1.61. The van der Waals surface area contributed by atoms with Gasteiger partial charge in [0.15, 0.2) is 5.96 Å². The zero-order valence-electron chi connectivity index (χ0n) is 13.4. The van der Waals surface area contributed by atoms with Crippen molar-refractivity contribution in [2.24, 2.45) is 4.99 Å². The van der Waals surface area contributed by atoms with Crippen molar-refractivity contribution in [2.45, 2.75) is 13.5 Å². The van der Waals surface area contributed by atoms with Crippen LogP contribution in [0, 0.1) is 6.92 Å². The van der Waals surface area contributed by atoms with Gasteiger partial charge >= 0.3 is 0 Å². The maximum atomic E-state index is 11.6. The van der Waals surface area contributed by atoms with Gasteiger partial charge in [0.1, 0.15) is 11.6 Å². The summed E-state index contributed by atoms with van der Waals surface area (Å²) in [6.45, 7) is 3.58. The van der Waals surface area contributed by atoms with Gasteiger partial charge in [-0.15, -0.1) is 35.3 Å². The highest BCUT2D eigenvalue weighted by atomic mass is 127. The fraction of sp³-hybridized carbons (Fsp3) is 0.615. The number of rotatable bonds is 7. The summed E-state index contributed by atoms with van der Waals surface area (Å²) in [5.41, 5.74) is 0. The second kappa shape index (κ2) is 11.9. The predicted molar refractivity (Wildman–Crippen MR) is 106 cm³/mol. The van der Waals surface area contributed by atoms with Gasteiger partial charge in [0.25, 0.3) is 0 Å². The highest BCUT2D eigenvalue weighted by molar-refractivity contribution is 14.0. The van der Waals surface area contributed by atoms with Crippen LogP contribution < -0.4 is 10.6 Å². The monoisotopic (exact) mass is 457 g/mol. The van der Waals surface area contributed by atoms with Crippen LogP contribution in [0.25, 0.3) is 0 Å². The van der Waals surface area contributed by atoms with Crippen molar-refractivity contribution in [3.63, 3.8) is 0 Å². The largest absolute Gasteiger partial charge is 0.356 e. The number of hydrogen-bond donors (Lipinski definition) is 2. The van der Waals surface area contributed by atoms with E-state index in [1.54, 1.807) is 37.2 Å². The summed E-state index contributed by atoms with van der Waals surface area (Å²) in [6, 6.07) is 0. The van der Waals surface area contributed by atoms with E-state index in [0.717, 1.165) is 17.3 Å². The Hall–Kier alpha value is -0.550. The van der Waals surface area contributed by atoms with Crippen LogP contribution in [-0.2, 0) is 11.3 Å². The molecule has 0 spiro atoms. The third kappa shape index (κ3) is 8.79. The predicted octanol–water partition coefficient (Wildman–Crippen LogP) is 1.56. The zero-order chi connectivity index (χ0) is 15.7. The maximum absolute atomic E-state index is 11.6. The van der Waals surface area contributed by atoms with Gasteiger partial charge in [-0.3, -0.25) is 4.79 Å². The van der Waals surface area contributed by atoms with Crippen LogP contribution in [0.2, 0.25) is 0 Å². The third-order valence-electron chi connectivity index (χ3n) is 2.55. The molecule has 2 N–H and O–H groups in total. The smallest absolute Gasteiger partial charge is 0.243 e. The van der Waals surface area contributed by atoms with Crippen LogP contribution in [0.15, 0.2) is 11.2 Å². The lowest BCUT2D eigenvalue weighted by atomic mass is 10.5. The summed E-state index contributed by atoms with van der Waals surface area (Å²) < 4.78 is 0. The number of halogens is 1. The Morgan fingerprint density at radius 1 is 1.45 bits per heavy atom. The summed E-state index contributed by atoms with van der Waals surface area (Å²) >= 11 is 3.41. The Morgan fingerprint density at radius 2 is 2.18 bits per heavy atom. The molecule has 0 saturated carbocycles. The highest BCUT2D eigenvalue weighted by Crippen LogP contribution is 2.10. The molecule has 9 heteroatoms. The highest BCUT2D eigenvalue weighted by Gasteiger charge is 2.05. The number of amides is 1. The first kappa shape index (κ1) is 21.4. The molecule has 0 radical (unpaired) electrons. The molecule has 0 aliphatic rings. The number of guanidine groups is 1. The van der Waals surface area contributed by atoms with E-state index in [4.69, 9.17) is 0 Å². The van der Waals surface area contributed by atoms with Crippen LogP contribution in [0.1, 0.15) is 9.88 Å². The minimum Gasteiger partial charge on any atom is -0.356 e. The first-order valence-corrected chi connectivity index (χ1v) is 8.86. The second-order valence-electron chi connectivity index (χ2n) is 4.59. The van der Waals surface area contributed by atoms with Gasteiger partial charge in [-0.2, -0.15) is 11.8 Å². The van der Waals surface area contributed by atoms with Gasteiger partial charge in [-0.25, -0.2) is 9.98 Å². The summed E-state index contributed by atoms with van der Waals surface area (Å²) in [6.07, 6.45) is 3.91. The van der Waals surface area contributed by atoms with Crippen LogP contribution in [0.3, 0.4) is 0 Å². The first-order valence-electron chi connectivity index (χ1n) is 6.65. The van der Waals surface area contributed by atoms with Crippen molar-refractivity contribution in [2.75, 3.05) is 39.2 Å². The number of hydrogen-bond acceptors (Lipinski definition) is 5. The summed E-state index contributed by atoms with van der Waals surface area (Å²) in [5, 5.41) is 7.43. The number of nitrogens with one attached hydrogen (secondary N) is 2. The molecule has 0 aliphatic heterocycles. The van der Waals surface area contributed by atoms with Crippen molar-refractivity contribution in [1.82, 2.24) is 20.5 Å². The Kier molecular flexibility index (Phi) is 11.6. The molecule has 0 atom stereocenters. The molecule has 0 fully saturated rings. The number of thioether (sulfide) groups is 1. The summed E-state index contributed by atoms with van der Waals surface area (Å²) in [7, 11) is 3.45. The van der Waals surface area contributed by atoms with Crippen LogP contribution >= 0.6 is 47.1 Å². The standard InChI is InChI=1S/C13H23N5OS2.HI/c1-10-7-15-11(21-10)8-16-13(14-5-6-20-4)17-9-12(19)18(2)3;/h7H,5-6,8-9H2,1-4H3,(H2,14,16,17);1H. The van der Waals surface area contributed by atoms with Crippen LogP contribution in [-0.4, -0.2) is 60.9 Å². The van der Waals surface area contributed by atoms with Crippen molar-refractivity contribution < 1.29 is 4.79 Å². The SMILES string of the molecule is CSCCNC(=NCC(=O)N(C)C)NCc1ncc(C)s1.I. The fourth-order valence-electron chi connectivity index (χ4n) is 1.38. The minimum atomic E-state index is -0.0222. The number of carbonyl (C=O) groups is 1. The molecular formula is C13H24IN5OS2. The molecule has 1 rings (SSSR count). The van der Waals surface area contributed by atoms with E-state index in [2.05, 4.69) is 26.9 Å². The second-order valence-corrected chi connectivity index (χ2v) is 6.90. The van der Waals surface area contributed by atoms with E-state index in [-0.39, 0.29) is 36.4 Å². The van der Waals surface area contributed by atoms with Crippen molar-refractivity contribution in [3.8, 4) is 0 Å². The van der Waals surface area contributed by atoms with Gasteiger partial charge < -0.3 is 15.5 Å². The Bertz CT molecular complexity index is 479. The van der Waals surface area contributed by atoms with Gasteiger partial charge in [0.05, 0.1) is 6.54 Å². The van der Waals surface area contributed by atoms with Gasteiger partial charge in [0.2, 0.25) is 5.91 Å². The fourth-order valence-corrected chi connectivity index (χ4v) is 2.41. The number of aromatic nitrogens is 1. The molecule has 0 bridgehead atoms.